The topological polar surface area (TPSA) is 103 Å². The Bertz CT molecular complexity index is 2040. The van der Waals surface area contributed by atoms with Crippen molar-refractivity contribution in [3.05, 3.63) is 144 Å². The minimum atomic E-state index is -0.939. The van der Waals surface area contributed by atoms with Gasteiger partial charge in [-0.05, 0) is 49.4 Å². The van der Waals surface area contributed by atoms with E-state index in [0.29, 0.717) is 26.2 Å². The first-order valence-electron chi connectivity index (χ1n) is 29.3. The van der Waals surface area contributed by atoms with Crippen LogP contribution in [0.25, 0.3) is 0 Å². The van der Waals surface area contributed by atoms with Crippen LogP contribution in [0.4, 0.5) is 0 Å². The van der Waals surface area contributed by atoms with Crippen LogP contribution >= 0.6 is 0 Å². The van der Waals surface area contributed by atoms with E-state index >= 15 is 0 Å². The minimum absolute atomic E-state index is 0.0291. The highest BCUT2D eigenvalue weighted by molar-refractivity contribution is 5.76. The van der Waals surface area contributed by atoms with Crippen LogP contribution in [-0.4, -0.2) is 73.9 Å². The first kappa shape index (κ1) is 60.3. The number of ether oxygens (including phenoxy) is 8. The van der Waals surface area contributed by atoms with Crippen LogP contribution in [0.5, 0.6) is 0 Å². The van der Waals surface area contributed by atoms with Crippen molar-refractivity contribution in [3.63, 3.8) is 0 Å². The lowest BCUT2D eigenvalue weighted by Gasteiger charge is -2.46. The lowest BCUT2D eigenvalue weighted by atomic mass is 9.97. The molecular formula is C65H95NO9. The minimum Gasteiger partial charge on any atom is -0.374 e. The van der Waals surface area contributed by atoms with Gasteiger partial charge in [-0.1, -0.05) is 250 Å². The van der Waals surface area contributed by atoms with E-state index in [1.165, 1.54) is 109 Å². The molecule has 10 heteroatoms. The van der Waals surface area contributed by atoms with Gasteiger partial charge in [0.1, 0.15) is 30.5 Å². The number of carbonyl (C=O) groups excluding carboxylic acids is 1. The van der Waals surface area contributed by atoms with Crippen molar-refractivity contribution in [3.8, 4) is 0 Å². The van der Waals surface area contributed by atoms with Gasteiger partial charge < -0.3 is 43.2 Å². The van der Waals surface area contributed by atoms with Crippen LogP contribution < -0.4 is 5.32 Å². The van der Waals surface area contributed by atoms with Gasteiger partial charge in [-0.15, -0.1) is 0 Å². The summed E-state index contributed by atoms with van der Waals surface area (Å²) >= 11 is 0. The van der Waals surface area contributed by atoms with Gasteiger partial charge in [0.25, 0.3) is 0 Å². The summed E-state index contributed by atoms with van der Waals surface area (Å²) in [6.45, 7) is 9.68. The molecule has 2 fully saturated rings. The fourth-order valence-corrected chi connectivity index (χ4v) is 10.5. The number of carbonyl (C=O) groups is 1. The van der Waals surface area contributed by atoms with Crippen LogP contribution in [0, 0.1) is 0 Å². The summed E-state index contributed by atoms with van der Waals surface area (Å²) in [6.07, 6.45) is 22.4. The molecule has 2 aliphatic rings. The van der Waals surface area contributed by atoms with Crippen LogP contribution in [0.2, 0.25) is 0 Å². The lowest BCUT2D eigenvalue weighted by Crippen LogP contribution is -2.62. The van der Waals surface area contributed by atoms with Crippen LogP contribution in [0.3, 0.4) is 0 Å². The number of hydrogen-bond donors (Lipinski definition) is 1. The Labute approximate surface area is 452 Å². The molecule has 6 rings (SSSR count). The number of benzene rings is 4. The van der Waals surface area contributed by atoms with Crippen molar-refractivity contribution >= 4 is 5.91 Å². The lowest BCUT2D eigenvalue weighted by molar-refractivity contribution is -0.329. The number of amides is 1. The van der Waals surface area contributed by atoms with Gasteiger partial charge >= 0.3 is 0 Å². The standard InChI is InChI=1S/C65H95NO9/c1-5-6-7-8-9-10-11-12-13-14-15-16-17-18-19-20-21-22-23-36-45-59(67)66-57(60-52(2)74-65(3,4)75-60)50-72-64-63(71-49-56-43-34-27-35-44-56)62(70-48-55-41-32-26-33-42-55)61(69-47-54-39-30-25-31-40-54)58(73-64)51-68-46-53-37-28-24-29-38-53/h24-35,37-44,52,57-58,60-64H,5-23,36,45-51H2,1-4H3,(H,66,67)/t52-,57+,58?,60-,61?,62?,63?,64?/m1/s1. The third-order valence-corrected chi connectivity index (χ3v) is 14.6. The Balaban J connectivity index is 1.06. The summed E-state index contributed by atoms with van der Waals surface area (Å²) < 4.78 is 53.8. The van der Waals surface area contributed by atoms with E-state index in [1.54, 1.807) is 0 Å². The Morgan fingerprint density at radius 3 is 1.33 bits per heavy atom. The molecule has 10 nitrogen and oxygen atoms in total. The first-order chi connectivity index (χ1) is 36.8. The quantitative estimate of drug-likeness (QED) is 0.0438. The molecule has 0 aliphatic carbocycles. The van der Waals surface area contributed by atoms with E-state index < -0.39 is 48.6 Å². The predicted octanol–water partition coefficient (Wildman–Crippen LogP) is 14.9. The Morgan fingerprint density at radius 1 is 0.507 bits per heavy atom. The van der Waals surface area contributed by atoms with Gasteiger partial charge in [0.15, 0.2) is 12.1 Å². The van der Waals surface area contributed by atoms with E-state index in [2.05, 4.69) is 24.4 Å². The SMILES string of the molecule is CCCCCCCCCCCCCCCCCCCCCCC(=O)N[C@@H](COC1OC(COCc2ccccc2)C(OCc2ccccc2)C(OCc2ccccc2)C1OCc1ccccc1)[C@@H]1OC(C)(C)O[C@@H]1C. The third-order valence-electron chi connectivity index (χ3n) is 14.6. The summed E-state index contributed by atoms with van der Waals surface area (Å²) in [6, 6.07) is 39.9. The van der Waals surface area contributed by atoms with Gasteiger partial charge in [0.2, 0.25) is 5.91 Å². The van der Waals surface area contributed by atoms with Crippen LogP contribution in [0.1, 0.15) is 185 Å². The fraction of sp³-hybridized carbons (Fsp3) is 0.615. The zero-order chi connectivity index (χ0) is 52.6. The van der Waals surface area contributed by atoms with Gasteiger partial charge in [-0.3, -0.25) is 4.79 Å². The molecule has 75 heavy (non-hydrogen) atoms. The second-order valence-electron chi connectivity index (χ2n) is 21.6. The normalized spacial score (nSPS) is 21.8. The maximum Gasteiger partial charge on any atom is 0.220 e. The summed E-state index contributed by atoms with van der Waals surface area (Å²) in [7, 11) is 0. The first-order valence-corrected chi connectivity index (χ1v) is 29.3. The average Bonchev–Trinajstić information content (AvgIpc) is 3.72. The Morgan fingerprint density at radius 2 is 0.907 bits per heavy atom. The molecule has 8 atom stereocenters. The summed E-state index contributed by atoms with van der Waals surface area (Å²) in [4.78, 5) is 13.9. The average molecular weight is 1030 g/mol. The zero-order valence-corrected chi connectivity index (χ0v) is 46.4. The monoisotopic (exact) mass is 1030 g/mol. The molecule has 0 bridgehead atoms. The van der Waals surface area contributed by atoms with Crippen molar-refractivity contribution in [2.75, 3.05) is 13.2 Å². The largest absolute Gasteiger partial charge is 0.374 e. The van der Waals surface area contributed by atoms with E-state index in [0.717, 1.165) is 41.5 Å². The molecule has 1 N–H and O–H groups in total. The molecular weight excluding hydrogens is 939 g/mol. The highest BCUT2D eigenvalue weighted by Gasteiger charge is 2.50. The molecule has 2 aliphatic heterocycles. The number of nitrogens with one attached hydrogen (secondary N) is 1. The molecule has 5 unspecified atom stereocenters. The highest BCUT2D eigenvalue weighted by Crippen LogP contribution is 2.34. The summed E-state index contributed by atoms with van der Waals surface area (Å²) in [5.74, 6) is -0.859. The second-order valence-corrected chi connectivity index (χ2v) is 21.6. The smallest absolute Gasteiger partial charge is 0.220 e. The van der Waals surface area contributed by atoms with E-state index in [1.807, 2.05) is 130 Å². The fourth-order valence-electron chi connectivity index (χ4n) is 10.5. The van der Waals surface area contributed by atoms with Crippen molar-refractivity contribution in [1.82, 2.24) is 5.32 Å². The molecule has 4 aromatic carbocycles. The molecule has 2 saturated heterocycles. The highest BCUT2D eigenvalue weighted by atomic mass is 16.8. The second kappa shape index (κ2) is 35.4. The molecule has 0 aromatic heterocycles. The number of rotatable bonds is 39. The summed E-state index contributed by atoms with van der Waals surface area (Å²) in [5, 5.41) is 3.32. The van der Waals surface area contributed by atoms with Crippen LogP contribution in [-0.2, 0) is 69.1 Å². The molecule has 0 saturated carbocycles. The summed E-state index contributed by atoms with van der Waals surface area (Å²) in [5.41, 5.74) is 4.08. The van der Waals surface area contributed by atoms with E-state index in [4.69, 9.17) is 37.9 Å². The Kier molecular flexibility index (Phi) is 28.5. The van der Waals surface area contributed by atoms with Crippen molar-refractivity contribution in [1.29, 1.82) is 0 Å². The zero-order valence-electron chi connectivity index (χ0n) is 46.4. The van der Waals surface area contributed by atoms with Crippen molar-refractivity contribution < 1.29 is 42.7 Å². The van der Waals surface area contributed by atoms with E-state index in [-0.39, 0.29) is 31.8 Å². The third kappa shape index (κ3) is 23.3. The maximum atomic E-state index is 13.9. The van der Waals surface area contributed by atoms with Crippen molar-refractivity contribution in [2.24, 2.45) is 0 Å². The van der Waals surface area contributed by atoms with Crippen LogP contribution in [0.15, 0.2) is 121 Å². The molecule has 2 heterocycles. The van der Waals surface area contributed by atoms with Crippen molar-refractivity contribution in [2.45, 2.75) is 244 Å². The van der Waals surface area contributed by atoms with Gasteiger partial charge in [-0.25, -0.2) is 0 Å². The van der Waals surface area contributed by atoms with E-state index in [9.17, 15) is 4.79 Å². The molecule has 1 amide bonds. The molecule has 0 spiro atoms. The number of unbranched alkanes of at least 4 members (excludes halogenated alkanes) is 19. The van der Waals surface area contributed by atoms with Gasteiger partial charge in [0.05, 0.1) is 51.8 Å². The number of hydrogen-bond acceptors (Lipinski definition) is 9. The van der Waals surface area contributed by atoms with Gasteiger partial charge in [-0.2, -0.15) is 0 Å². The molecule has 414 valence electrons. The maximum absolute atomic E-state index is 13.9. The predicted molar refractivity (Wildman–Crippen MR) is 300 cm³/mol. The van der Waals surface area contributed by atoms with Gasteiger partial charge in [0, 0.05) is 6.42 Å². The molecule has 0 radical (unpaired) electrons. The Hall–Kier alpha value is -3.97. The molecule has 4 aromatic rings.